The van der Waals surface area contributed by atoms with Gasteiger partial charge < -0.3 is 15.6 Å². The summed E-state index contributed by atoms with van der Waals surface area (Å²) in [6.07, 6.45) is 1.84. The van der Waals surface area contributed by atoms with Crippen molar-refractivity contribution in [2.24, 2.45) is 5.73 Å². The molecule has 0 saturated carbocycles. The first-order valence-electron chi connectivity index (χ1n) is 8.28. The number of methoxy groups -OCH3 is 1. The van der Waals surface area contributed by atoms with E-state index in [2.05, 4.69) is 0 Å². The predicted molar refractivity (Wildman–Crippen MR) is 101 cm³/mol. The monoisotopic (exact) mass is 388 g/mol. The number of carbonyl (C=O) groups is 1. The van der Waals surface area contributed by atoms with Crippen molar-refractivity contribution in [1.82, 2.24) is 4.31 Å². The number of aliphatic hydroxyl groups is 1. The maximum absolute atomic E-state index is 13.0. The highest BCUT2D eigenvalue weighted by Crippen LogP contribution is 2.27. The number of nitrogens with two attached hydrogens (primary N) is 1. The lowest BCUT2D eigenvalue weighted by atomic mass is 9.98. The van der Waals surface area contributed by atoms with Crippen LogP contribution in [0.25, 0.3) is 6.08 Å². The fraction of sp³-hybridized carbons (Fsp3) is 0.211. The Bertz CT molecular complexity index is 1010. The molecular formula is C19H20N2O5S. The minimum Gasteiger partial charge on any atom is -0.503 e. The molecule has 2 aromatic rings. The molecule has 1 amide bonds. The predicted octanol–water partition coefficient (Wildman–Crippen LogP) is 1.83. The number of hydrogen-bond acceptors (Lipinski definition) is 5. The van der Waals surface area contributed by atoms with Crippen LogP contribution in [0.3, 0.4) is 0 Å². The van der Waals surface area contributed by atoms with E-state index in [1.807, 2.05) is 6.07 Å². The Morgan fingerprint density at radius 2 is 2.00 bits per heavy atom. The van der Waals surface area contributed by atoms with Crippen LogP contribution >= 0.6 is 0 Å². The highest BCUT2D eigenvalue weighted by Gasteiger charge is 2.28. The van der Waals surface area contributed by atoms with Crippen LogP contribution < -0.4 is 10.5 Å². The number of fused-ring (bicyclic) bond motifs is 1. The Labute approximate surface area is 157 Å². The molecule has 0 fully saturated rings. The minimum absolute atomic E-state index is 0.174. The molecule has 0 spiro atoms. The second-order valence-electron chi connectivity index (χ2n) is 6.19. The first kappa shape index (κ1) is 18.9. The SMILES string of the molecule is COc1cccc(S(=O)(=O)N2CCc3ccc(C=C(O)C(N)=O)cc3C2)c1. The lowest BCUT2D eigenvalue weighted by Gasteiger charge is -2.28. The number of sulfonamides is 1. The van der Waals surface area contributed by atoms with Gasteiger partial charge in [0.15, 0.2) is 5.76 Å². The molecule has 1 heterocycles. The molecule has 8 heteroatoms. The number of primary amides is 1. The summed E-state index contributed by atoms with van der Waals surface area (Å²) in [5, 5.41) is 9.53. The van der Waals surface area contributed by atoms with E-state index in [1.54, 1.807) is 24.3 Å². The minimum atomic E-state index is -3.67. The summed E-state index contributed by atoms with van der Waals surface area (Å²) in [4.78, 5) is 11.2. The zero-order valence-corrected chi connectivity index (χ0v) is 15.6. The Morgan fingerprint density at radius 3 is 2.70 bits per heavy atom. The van der Waals surface area contributed by atoms with Gasteiger partial charge in [-0.15, -0.1) is 0 Å². The summed E-state index contributed by atoms with van der Waals surface area (Å²) >= 11 is 0. The van der Waals surface area contributed by atoms with Gasteiger partial charge in [-0.1, -0.05) is 24.3 Å². The molecular weight excluding hydrogens is 368 g/mol. The van der Waals surface area contributed by atoms with Crippen molar-refractivity contribution in [1.29, 1.82) is 0 Å². The maximum atomic E-state index is 13.0. The van der Waals surface area contributed by atoms with E-state index < -0.39 is 21.7 Å². The number of hydrogen-bond donors (Lipinski definition) is 2. The molecule has 27 heavy (non-hydrogen) atoms. The standard InChI is InChI=1S/C19H20N2O5S/c1-26-16-3-2-4-17(11-16)27(24,25)21-8-7-14-6-5-13(9-15(14)12-21)10-18(22)19(20)23/h2-6,9-11,22H,7-8,12H2,1H3,(H2,20,23). The molecule has 0 aromatic heterocycles. The number of rotatable bonds is 5. The fourth-order valence-corrected chi connectivity index (χ4v) is 4.44. The number of carbonyl (C=O) groups excluding carboxylic acids is 1. The van der Waals surface area contributed by atoms with Crippen LogP contribution in [0.4, 0.5) is 0 Å². The molecule has 3 N–H and O–H groups in total. The topological polar surface area (TPSA) is 110 Å². The van der Waals surface area contributed by atoms with E-state index in [-0.39, 0.29) is 11.4 Å². The summed E-state index contributed by atoms with van der Waals surface area (Å²) in [5.41, 5.74) is 7.46. The fourth-order valence-electron chi connectivity index (χ4n) is 2.99. The molecule has 0 bridgehead atoms. The average Bonchev–Trinajstić information content (AvgIpc) is 2.67. The van der Waals surface area contributed by atoms with Gasteiger partial charge in [0.25, 0.3) is 5.91 Å². The Kier molecular flexibility index (Phi) is 5.20. The third-order valence-electron chi connectivity index (χ3n) is 4.44. The second-order valence-corrected chi connectivity index (χ2v) is 8.13. The Morgan fingerprint density at radius 1 is 1.22 bits per heavy atom. The van der Waals surface area contributed by atoms with Crippen molar-refractivity contribution in [3.8, 4) is 5.75 Å². The molecule has 0 aliphatic carbocycles. The first-order chi connectivity index (χ1) is 12.8. The lowest BCUT2D eigenvalue weighted by molar-refractivity contribution is -0.116. The van der Waals surface area contributed by atoms with E-state index in [9.17, 15) is 18.3 Å². The van der Waals surface area contributed by atoms with Crippen molar-refractivity contribution in [3.05, 3.63) is 64.9 Å². The van der Waals surface area contributed by atoms with Crippen LogP contribution in [-0.2, 0) is 27.8 Å². The number of ether oxygens (including phenoxy) is 1. The van der Waals surface area contributed by atoms with E-state index in [1.165, 1.54) is 29.6 Å². The normalized spacial score (nSPS) is 15.2. The van der Waals surface area contributed by atoms with Gasteiger partial charge in [0.1, 0.15) is 5.75 Å². The zero-order valence-electron chi connectivity index (χ0n) is 14.8. The van der Waals surface area contributed by atoms with Crippen molar-refractivity contribution in [2.75, 3.05) is 13.7 Å². The van der Waals surface area contributed by atoms with Gasteiger partial charge in [-0.05, 0) is 41.3 Å². The van der Waals surface area contributed by atoms with Crippen LogP contribution in [0.15, 0.2) is 53.1 Å². The van der Waals surface area contributed by atoms with Gasteiger partial charge in [0, 0.05) is 19.2 Å². The molecule has 0 atom stereocenters. The summed E-state index contributed by atoms with van der Waals surface area (Å²) in [5.74, 6) is -0.996. The van der Waals surface area contributed by atoms with Crippen LogP contribution in [-0.4, -0.2) is 37.4 Å². The first-order valence-corrected chi connectivity index (χ1v) is 9.72. The number of amides is 1. The quantitative estimate of drug-likeness (QED) is 0.600. The lowest BCUT2D eigenvalue weighted by Crippen LogP contribution is -2.36. The van der Waals surface area contributed by atoms with Crippen molar-refractivity contribution < 1.29 is 23.1 Å². The van der Waals surface area contributed by atoms with E-state index in [0.717, 1.165) is 11.1 Å². The molecule has 2 aromatic carbocycles. The van der Waals surface area contributed by atoms with Crippen molar-refractivity contribution >= 4 is 22.0 Å². The molecule has 0 radical (unpaired) electrons. The van der Waals surface area contributed by atoms with Gasteiger partial charge in [-0.25, -0.2) is 8.42 Å². The third kappa shape index (κ3) is 3.96. The molecule has 0 saturated heterocycles. The Balaban J connectivity index is 1.90. The summed E-state index contributed by atoms with van der Waals surface area (Å²) in [7, 11) is -2.19. The van der Waals surface area contributed by atoms with E-state index in [4.69, 9.17) is 10.5 Å². The number of nitrogens with zero attached hydrogens (tertiary/aromatic N) is 1. The smallest absolute Gasteiger partial charge is 0.283 e. The third-order valence-corrected chi connectivity index (χ3v) is 6.28. The summed E-state index contributed by atoms with van der Waals surface area (Å²) in [6, 6.07) is 11.7. The maximum Gasteiger partial charge on any atom is 0.283 e. The molecule has 7 nitrogen and oxygen atoms in total. The van der Waals surface area contributed by atoms with Gasteiger partial charge in [-0.3, -0.25) is 4.79 Å². The Hall–Kier alpha value is -2.84. The average molecular weight is 388 g/mol. The number of aliphatic hydroxyl groups excluding tert-OH is 1. The second kappa shape index (κ2) is 7.42. The van der Waals surface area contributed by atoms with Crippen LogP contribution in [0.5, 0.6) is 5.75 Å². The van der Waals surface area contributed by atoms with Crippen molar-refractivity contribution in [3.63, 3.8) is 0 Å². The molecule has 0 unspecified atom stereocenters. The van der Waals surface area contributed by atoms with Gasteiger partial charge in [0.2, 0.25) is 10.0 Å². The van der Waals surface area contributed by atoms with Crippen LogP contribution in [0, 0.1) is 0 Å². The zero-order chi connectivity index (χ0) is 19.6. The van der Waals surface area contributed by atoms with Crippen LogP contribution in [0.1, 0.15) is 16.7 Å². The molecule has 142 valence electrons. The highest BCUT2D eigenvalue weighted by atomic mass is 32.2. The van der Waals surface area contributed by atoms with E-state index in [0.29, 0.717) is 24.3 Å². The number of benzene rings is 2. The van der Waals surface area contributed by atoms with Gasteiger partial charge in [0.05, 0.1) is 12.0 Å². The summed E-state index contributed by atoms with van der Waals surface area (Å²) in [6.45, 7) is 0.572. The van der Waals surface area contributed by atoms with E-state index >= 15 is 0 Å². The molecule has 3 rings (SSSR count). The molecule has 1 aliphatic heterocycles. The van der Waals surface area contributed by atoms with Gasteiger partial charge >= 0.3 is 0 Å². The highest BCUT2D eigenvalue weighted by molar-refractivity contribution is 7.89. The largest absolute Gasteiger partial charge is 0.503 e. The van der Waals surface area contributed by atoms with Crippen LogP contribution in [0.2, 0.25) is 0 Å². The van der Waals surface area contributed by atoms with Crippen molar-refractivity contribution in [2.45, 2.75) is 17.9 Å². The summed E-state index contributed by atoms with van der Waals surface area (Å²) < 4.78 is 32.5. The van der Waals surface area contributed by atoms with Gasteiger partial charge in [-0.2, -0.15) is 4.31 Å². The molecule has 1 aliphatic rings.